The largest absolute Gasteiger partial charge is 0.495 e. The lowest BCUT2D eigenvalue weighted by atomic mass is 10.4. The van der Waals surface area contributed by atoms with Gasteiger partial charge in [-0.25, -0.2) is 4.68 Å². The molecule has 0 aliphatic heterocycles. The van der Waals surface area contributed by atoms with Gasteiger partial charge in [-0.1, -0.05) is 5.21 Å². The zero-order valence-corrected chi connectivity index (χ0v) is 11.4. The van der Waals surface area contributed by atoms with Gasteiger partial charge in [0, 0.05) is 0 Å². The fourth-order valence-electron chi connectivity index (χ4n) is 1.51. The van der Waals surface area contributed by atoms with E-state index >= 15 is 0 Å². The van der Waals surface area contributed by atoms with Gasteiger partial charge in [0.2, 0.25) is 0 Å². The Balaban J connectivity index is 1.93. The van der Waals surface area contributed by atoms with Crippen LogP contribution in [0.5, 0.6) is 5.75 Å². The monoisotopic (exact) mass is 296 g/mol. The van der Waals surface area contributed by atoms with Gasteiger partial charge in [-0.3, -0.25) is 9.59 Å². The van der Waals surface area contributed by atoms with Crippen molar-refractivity contribution in [2.24, 2.45) is 0 Å². The molecular formula is C11H12N4O4S. The number of carboxylic acid groups (broad SMARTS) is 1. The van der Waals surface area contributed by atoms with Crippen molar-refractivity contribution in [1.29, 1.82) is 0 Å². The highest BCUT2D eigenvalue weighted by atomic mass is 32.1. The predicted molar refractivity (Wildman–Crippen MR) is 69.7 cm³/mol. The Kier molecular flexibility index (Phi) is 4.31. The molecule has 0 aliphatic rings. The summed E-state index contributed by atoms with van der Waals surface area (Å²) in [4.78, 5) is 22.9. The number of ether oxygens (including phenoxy) is 1. The topological polar surface area (TPSA) is 106 Å². The number of carboxylic acids is 1. The van der Waals surface area contributed by atoms with Gasteiger partial charge in [-0.2, -0.15) is 0 Å². The van der Waals surface area contributed by atoms with Gasteiger partial charge in [0.25, 0.3) is 5.91 Å². The number of aliphatic carboxylic acids is 1. The molecule has 0 fully saturated rings. The second-order valence-electron chi connectivity index (χ2n) is 3.80. The van der Waals surface area contributed by atoms with E-state index in [1.807, 2.05) is 0 Å². The fraction of sp³-hybridized carbons (Fsp3) is 0.273. The minimum atomic E-state index is -1.01. The molecule has 106 valence electrons. The minimum Gasteiger partial charge on any atom is -0.495 e. The average Bonchev–Trinajstić information content (AvgIpc) is 3.03. The Morgan fingerprint density at radius 1 is 1.55 bits per heavy atom. The van der Waals surface area contributed by atoms with Crippen molar-refractivity contribution in [3.05, 3.63) is 28.2 Å². The third-order valence-corrected chi connectivity index (χ3v) is 3.26. The first kappa shape index (κ1) is 14.0. The summed E-state index contributed by atoms with van der Waals surface area (Å²) in [7, 11) is 1.50. The molecule has 0 spiro atoms. The van der Waals surface area contributed by atoms with Crippen LogP contribution in [0.25, 0.3) is 0 Å². The van der Waals surface area contributed by atoms with Crippen LogP contribution in [0.1, 0.15) is 15.4 Å². The van der Waals surface area contributed by atoms with Gasteiger partial charge >= 0.3 is 5.97 Å². The number of aromatic nitrogens is 3. The third-order valence-electron chi connectivity index (χ3n) is 2.37. The number of amides is 1. The summed E-state index contributed by atoms with van der Waals surface area (Å²) in [5, 5.41) is 20.5. The van der Waals surface area contributed by atoms with Crippen LogP contribution >= 0.6 is 11.3 Å². The van der Waals surface area contributed by atoms with E-state index in [4.69, 9.17) is 9.84 Å². The van der Waals surface area contributed by atoms with Crippen LogP contribution in [0.2, 0.25) is 0 Å². The number of carbonyl (C=O) groups is 2. The lowest BCUT2D eigenvalue weighted by molar-refractivity contribution is -0.137. The highest BCUT2D eigenvalue weighted by Crippen LogP contribution is 2.23. The second-order valence-corrected chi connectivity index (χ2v) is 4.72. The average molecular weight is 296 g/mol. The zero-order chi connectivity index (χ0) is 14.5. The number of methoxy groups -OCH3 is 1. The van der Waals surface area contributed by atoms with E-state index in [2.05, 4.69) is 15.6 Å². The van der Waals surface area contributed by atoms with Crippen LogP contribution in [0.3, 0.4) is 0 Å². The maximum atomic E-state index is 11.9. The molecule has 0 unspecified atom stereocenters. The third kappa shape index (κ3) is 3.32. The van der Waals surface area contributed by atoms with Crippen LogP contribution in [-0.2, 0) is 17.9 Å². The van der Waals surface area contributed by atoms with E-state index in [0.717, 1.165) is 0 Å². The Bertz CT molecular complexity index is 621. The van der Waals surface area contributed by atoms with E-state index in [1.54, 1.807) is 11.4 Å². The highest BCUT2D eigenvalue weighted by Gasteiger charge is 2.14. The molecule has 1 amide bonds. The Labute approximate surface area is 118 Å². The van der Waals surface area contributed by atoms with Gasteiger partial charge in [0.05, 0.1) is 19.9 Å². The summed E-state index contributed by atoms with van der Waals surface area (Å²) in [5.74, 6) is -0.763. The van der Waals surface area contributed by atoms with Crippen molar-refractivity contribution < 1.29 is 19.4 Å². The van der Waals surface area contributed by atoms with E-state index < -0.39 is 5.97 Å². The van der Waals surface area contributed by atoms with Crippen molar-refractivity contribution >= 4 is 23.2 Å². The Hall–Kier alpha value is -2.42. The number of nitrogens with one attached hydrogen (secondary N) is 1. The molecule has 2 aromatic heterocycles. The highest BCUT2D eigenvalue weighted by molar-refractivity contribution is 7.12. The summed E-state index contributed by atoms with van der Waals surface area (Å²) in [5.41, 5.74) is 0.482. The molecule has 2 rings (SSSR count). The minimum absolute atomic E-state index is 0.166. The van der Waals surface area contributed by atoms with E-state index in [1.165, 1.54) is 29.3 Å². The van der Waals surface area contributed by atoms with E-state index in [9.17, 15) is 9.59 Å². The molecule has 2 heterocycles. The van der Waals surface area contributed by atoms with Gasteiger partial charge in [-0.05, 0) is 11.4 Å². The lowest BCUT2D eigenvalue weighted by Gasteiger charge is -2.03. The summed E-state index contributed by atoms with van der Waals surface area (Å²) in [6.45, 7) is -0.0980. The molecule has 8 nitrogen and oxygen atoms in total. The standard InChI is InChI=1S/C11H12N4O4S/c1-19-8-2-3-20-10(8)11(18)12-4-7-5-15(14-13-7)6-9(16)17/h2-3,5H,4,6H2,1H3,(H,12,18)(H,16,17). The van der Waals surface area contributed by atoms with Gasteiger partial charge in [0.1, 0.15) is 22.9 Å². The quantitative estimate of drug-likeness (QED) is 0.797. The maximum absolute atomic E-state index is 11.9. The molecule has 2 aromatic rings. The first-order chi connectivity index (χ1) is 9.60. The number of nitrogens with zero attached hydrogens (tertiary/aromatic N) is 3. The molecule has 0 aromatic carbocycles. The van der Waals surface area contributed by atoms with Crippen LogP contribution in [-0.4, -0.2) is 39.1 Å². The van der Waals surface area contributed by atoms with Crippen molar-refractivity contribution in [2.45, 2.75) is 13.1 Å². The van der Waals surface area contributed by atoms with Crippen molar-refractivity contribution in [1.82, 2.24) is 20.3 Å². The Morgan fingerprint density at radius 3 is 3.05 bits per heavy atom. The second kappa shape index (κ2) is 6.15. The fourth-order valence-corrected chi connectivity index (χ4v) is 2.28. The molecule has 9 heteroatoms. The van der Waals surface area contributed by atoms with E-state index in [-0.39, 0.29) is 19.0 Å². The number of hydrogen-bond donors (Lipinski definition) is 2. The maximum Gasteiger partial charge on any atom is 0.325 e. The molecule has 0 bridgehead atoms. The van der Waals surface area contributed by atoms with Gasteiger partial charge in [-0.15, -0.1) is 16.4 Å². The van der Waals surface area contributed by atoms with Crippen molar-refractivity contribution in [2.75, 3.05) is 7.11 Å². The summed E-state index contributed by atoms with van der Waals surface area (Å²) < 4.78 is 6.25. The molecule has 0 atom stereocenters. The van der Waals surface area contributed by atoms with Crippen LogP contribution in [0, 0.1) is 0 Å². The molecule has 0 radical (unpaired) electrons. The number of hydrogen-bond acceptors (Lipinski definition) is 6. The normalized spacial score (nSPS) is 10.2. The lowest BCUT2D eigenvalue weighted by Crippen LogP contribution is -2.22. The number of thiophene rings is 1. The first-order valence-corrected chi connectivity index (χ1v) is 6.48. The molecule has 2 N–H and O–H groups in total. The van der Waals surface area contributed by atoms with Gasteiger partial charge in [0.15, 0.2) is 0 Å². The Morgan fingerprint density at radius 2 is 2.35 bits per heavy atom. The van der Waals surface area contributed by atoms with E-state index in [0.29, 0.717) is 16.3 Å². The van der Waals surface area contributed by atoms with Crippen molar-refractivity contribution in [3.8, 4) is 5.75 Å². The van der Waals surface area contributed by atoms with Crippen LogP contribution in [0.15, 0.2) is 17.6 Å². The molecule has 0 saturated heterocycles. The molecule has 20 heavy (non-hydrogen) atoms. The summed E-state index contributed by atoms with van der Waals surface area (Å²) in [6, 6.07) is 1.71. The SMILES string of the molecule is COc1ccsc1C(=O)NCc1cn(CC(=O)O)nn1. The molecule has 0 aliphatic carbocycles. The smallest absolute Gasteiger partial charge is 0.325 e. The van der Waals surface area contributed by atoms with Crippen molar-refractivity contribution in [3.63, 3.8) is 0 Å². The first-order valence-electron chi connectivity index (χ1n) is 5.60. The summed E-state index contributed by atoms with van der Waals surface area (Å²) >= 11 is 1.28. The zero-order valence-electron chi connectivity index (χ0n) is 10.6. The summed E-state index contributed by atoms with van der Waals surface area (Å²) in [6.07, 6.45) is 1.47. The number of carbonyl (C=O) groups excluding carboxylic acids is 1. The predicted octanol–water partition coefficient (Wildman–Crippen LogP) is 0.363. The molecule has 0 saturated carbocycles. The van der Waals surface area contributed by atoms with Crippen LogP contribution < -0.4 is 10.1 Å². The van der Waals surface area contributed by atoms with Gasteiger partial charge < -0.3 is 15.2 Å². The molecular weight excluding hydrogens is 284 g/mol. The van der Waals surface area contributed by atoms with Crippen LogP contribution in [0.4, 0.5) is 0 Å². The number of rotatable bonds is 6.